The molecule has 1 aliphatic rings. The molecule has 16 heavy (non-hydrogen) atoms. The van der Waals surface area contributed by atoms with E-state index in [1.165, 1.54) is 6.07 Å². The summed E-state index contributed by atoms with van der Waals surface area (Å²) in [6.07, 6.45) is 3.00. The summed E-state index contributed by atoms with van der Waals surface area (Å²) in [5.41, 5.74) is 1.05. The Labute approximate surface area is 94.1 Å². The zero-order valence-corrected chi connectivity index (χ0v) is 9.03. The molecule has 1 aromatic rings. The van der Waals surface area contributed by atoms with Crippen LogP contribution < -0.4 is 0 Å². The van der Waals surface area contributed by atoms with Crippen LogP contribution in [0.15, 0.2) is 24.3 Å². The van der Waals surface area contributed by atoms with E-state index in [4.69, 9.17) is 5.11 Å². The highest BCUT2D eigenvalue weighted by Crippen LogP contribution is 2.43. The molecule has 1 aromatic carbocycles. The van der Waals surface area contributed by atoms with Crippen LogP contribution in [0, 0.1) is 11.7 Å². The SMILES string of the molecule is O=C(O)CCC1CC(c2cccc(F)c2)C1. The third-order valence-corrected chi connectivity index (χ3v) is 3.32. The van der Waals surface area contributed by atoms with E-state index in [1.807, 2.05) is 6.07 Å². The Kier molecular flexibility index (Phi) is 3.22. The standard InChI is InChI=1S/C13H15FO2/c14-12-3-1-2-10(8-12)11-6-9(7-11)4-5-13(15)16/h1-3,8-9,11H,4-7H2,(H,15,16). The largest absolute Gasteiger partial charge is 0.481 e. The molecule has 0 radical (unpaired) electrons. The van der Waals surface area contributed by atoms with Crippen LogP contribution in [0.5, 0.6) is 0 Å². The van der Waals surface area contributed by atoms with E-state index in [-0.39, 0.29) is 12.2 Å². The number of carboxylic acid groups (broad SMARTS) is 1. The molecule has 0 saturated heterocycles. The minimum absolute atomic E-state index is 0.188. The Hall–Kier alpha value is -1.38. The first-order valence-corrected chi connectivity index (χ1v) is 5.62. The molecule has 0 bridgehead atoms. The van der Waals surface area contributed by atoms with Crippen LogP contribution >= 0.6 is 0 Å². The molecule has 1 saturated carbocycles. The summed E-state index contributed by atoms with van der Waals surface area (Å²) in [6.45, 7) is 0. The lowest BCUT2D eigenvalue weighted by Crippen LogP contribution is -2.22. The zero-order valence-electron chi connectivity index (χ0n) is 9.03. The fourth-order valence-electron chi connectivity index (χ4n) is 2.33. The molecule has 0 unspecified atom stereocenters. The highest BCUT2D eigenvalue weighted by atomic mass is 19.1. The van der Waals surface area contributed by atoms with Crippen molar-refractivity contribution in [2.45, 2.75) is 31.6 Å². The summed E-state index contributed by atoms with van der Waals surface area (Å²) >= 11 is 0. The second kappa shape index (κ2) is 4.64. The first-order valence-electron chi connectivity index (χ1n) is 5.62. The number of carbonyl (C=O) groups is 1. The number of aliphatic carboxylic acids is 1. The summed E-state index contributed by atoms with van der Waals surface area (Å²) in [5.74, 6) is 0.0135. The predicted octanol–water partition coefficient (Wildman–Crippen LogP) is 3.18. The molecule has 1 N–H and O–H groups in total. The van der Waals surface area contributed by atoms with Gasteiger partial charge in [0.15, 0.2) is 0 Å². The van der Waals surface area contributed by atoms with Crippen molar-refractivity contribution in [1.29, 1.82) is 0 Å². The minimum Gasteiger partial charge on any atom is -0.481 e. The Morgan fingerprint density at radius 3 is 2.81 bits per heavy atom. The van der Waals surface area contributed by atoms with Crippen LogP contribution in [-0.4, -0.2) is 11.1 Å². The van der Waals surface area contributed by atoms with Crippen LogP contribution in [0.25, 0.3) is 0 Å². The predicted molar refractivity (Wildman–Crippen MR) is 58.7 cm³/mol. The Balaban J connectivity index is 1.82. The van der Waals surface area contributed by atoms with Gasteiger partial charge in [0.25, 0.3) is 0 Å². The molecular weight excluding hydrogens is 207 g/mol. The maximum atomic E-state index is 13.0. The van der Waals surface area contributed by atoms with Crippen molar-refractivity contribution in [3.05, 3.63) is 35.6 Å². The maximum absolute atomic E-state index is 13.0. The summed E-state index contributed by atoms with van der Waals surface area (Å²) in [4.78, 5) is 10.4. The van der Waals surface area contributed by atoms with Gasteiger partial charge in [-0.3, -0.25) is 4.79 Å². The number of hydrogen-bond acceptors (Lipinski definition) is 1. The third-order valence-electron chi connectivity index (χ3n) is 3.32. The van der Waals surface area contributed by atoms with Crippen molar-refractivity contribution in [3.63, 3.8) is 0 Å². The average molecular weight is 222 g/mol. The van der Waals surface area contributed by atoms with Crippen molar-refractivity contribution < 1.29 is 14.3 Å². The van der Waals surface area contributed by atoms with E-state index in [0.717, 1.165) is 24.8 Å². The Morgan fingerprint density at radius 1 is 1.44 bits per heavy atom. The van der Waals surface area contributed by atoms with Crippen LogP contribution in [0.1, 0.15) is 37.2 Å². The Morgan fingerprint density at radius 2 is 2.19 bits per heavy atom. The third kappa shape index (κ3) is 2.60. The molecule has 1 fully saturated rings. The topological polar surface area (TPSA) is 37.3 Å². The highest BCUT2D eigenvalue weighted by molar-refractivity contribution is 5.66. The molecule has 3 heteroatoms. The van der Waals surface area contributed by atoms with Gasteiger partial charge in [0.2, 0.25) is 0 Å². The van der Waals surface area contributed by atoms with Crippen molar-refractivity contribution >= 4 is 5.97 Å². The van der Waals surface area contributed by atoms with Crippen LogP contribution in [0.3, 0.4) is 0 Å². The van der Waals surface area contributed by atoms with Crippen LogP contribution in [0.2, 0.25) is 0 Å². The number of halogens is 1. The lowest BCUT2D eigenvalue weighted by Gasteiger charge is -2.35. The smallest absolute Gasteiger partial charge is 0.303 e. The minimum atomic E-state index is -0.728. The second-order valence-corrected chi connectivity index (χ2v) is 4.52. The van der Waals surface area contributed by atoms with Crippen LogP contribution in [0.4, 0.5) is 4.39 Å². The number of rotatable bonds is 4. The molecule has 0 amide bonds. The fraction of sp³-hybridized carbons (Fsp3) is 0.462. The maximum Gasteiger partial charge on any atom is 0.303 e. The van der Waals surface area contributed by atoms with Gasteiger partial charge >= 0.3 is 5.97 Å². The first kappa shape index (κ1) is 11.1. The number of carboxylic acids is 1. The number of benzene rings is 1. The zero-order chi connectivity index (χ0) is 11.5. The van der Waals surface area contributed by atoms with E-state index in [9.17, 15) is 9.18 Å². The van der Waals surface area contributed by atoms with Crippen molar-refractivity contribution in [2.75, 3.05) is 0 Å². The van der Waals surface area contributed by atoms with Gasteiger partial charge in [-0.05, 0) is 48.8 Å². The van der Waals surface area contributed by atoms with E-state index in [1.54, 1.807) is 12.1 Å². The van der Waals surface area contributed by atoms with Gasteiger partial charge in [-0.15, -0.1) is 0 Å². The molecule has 0 spiro atoms. The molecule has 0 aliphatic heterocycles. The first-order chi connectivity index (χ1) is 7.65. The van der Waals surface area contributed by atoms with Gasteiger partial charge in [-0.2, -0.15) is 0 Å². The average Bonchev–Trinajstić information content (AvgIpc) is 2.14. The summed E-state index contributed by atoms with van der Waals surface area (Å²) in [6, 6.07) is 6.71. The summed E-state index contributed by atoms with van der Waals surface area (Å²) in [5, 5.41) is 8.55. The van der Waals surface area contributed by atoms with Crippen molar-refractivity contribution in [2.24, 2.45) is 5.92 Å². The lowest BCUT2D eigenvalue weighted by atomic mass is 9.70. The molecule has 2 rings (SSSR count). The summed E-state index contributed by atoms with van der Waals surface area (Å²) < 4.78 is 13.0. The molecule has 86 valence electrons. The molecule has 0 aromatic heterocycles. The highest BCUT2D eigenvalue weighted by Gasteiger charge is 2.30. The number of hydrogen-bond donors (Lipinski definition) is 1. The van der Waals surface area contributed by atoms with Gasteiger partial charge in [0, 0.05) is 6.42 Å². The van der Waals surface area contributed by atoms with E-state index in [2.05, 4.69) is 0 Å². The molecule has 0 heterocycles. The molecular formula is C13H15FO2. The summed E-state index contributed by atoms with van der Waals surface area (Å²) in [7, 11) is 0. The lowest BCUT2D eigenvalue weighted by molar-refractivity contribution is -0.137. The van der Waals surface area contributed by atoms with Crippen molar-refractivity contribution in [3.8, 4) is 0 Å². The van der Waals surface area contributed by atoms with Crippen LogP contribution in [-0.2, 0) is 4.79 Å². The van der Waals surface area contributed by atoms with E-state index < -0.39 is 5.97 Å². The molecule has 0 atom stereocenters. The van der Waals surface area contributed by atoms with E-state index in [0.29, 0.717) is 11.8 Å². The monoisotopic (exact) mass is 222 g/mol. The quantitative estimate of drug-likeness (QED) is 0.849. The van der Waals surface area contributed by atoms with Gasteiger partial charge in [0.1, 0.15) is 5.82 Å². The van der Waals surface area contributed by atoms with E-state index >= 15 is 0 Å². The molecule has 2 nitrogen and oxygen atoms in total. The van der Waals surface area contributed by atoms with Crippen molar-refractivity contribution in [1.82, 2.24) is 0 Å². The fourth-order valence-corrected chi connectivity index (χ4v) is 2.33. The second-order valence-electron chi connectivity index (χ2n) is 4.52. The normalized spacial score (nSPS) is 23.8. The van der Waals surface area contributed by atoms with Gasteiger partial charge in [-0.25, -0.2) is 4.39 Å². The Bertz CT molecular complexity index is 383. The van der Waals surface area contributed by atoms with Gasteiger partial charge in [-0.1, -0.05) is 12.1 Å². The van der Waals surface area contributed by atoms with Gasteiger partial charge in [0.05, 0.1) is 0 Å². The van der Waals surface area contributed by atoms with Gasteiger partial charge < -0.3 is 5.11 Å². The molecule has 1 aliphatic carbocycles.